The number of carbonyl (C=O) groups excluding carboxylic acids is 1. The third kappa shape index (κ3) is 2.69. The van der Waals surface area contributed by atoms with Crippen LogP contribution in [0.25, 0.3) is 0 Å². The molecule has 1 aliphatic heterocycles. The van der Waals surface area contributed by atoms with Gasteiger partial charge in [-0.2, -0.15) is 0 Å². The first-order chi connectivity index (χ1) is 7.51. The Morgan fingerprint density at radius 1 is 1.44 bits per heavy atom. The third-order valence-electron chi connectivity index (χ3n) is 2.48. The minimum Gasteiger partial charge on any atom is -0.394 e. The van der Waals surface area contributed by atoms with Crippen LogP contribution in [0.1, 0.15) is 6.92 Å². The molecule has 0 spiro atoms. The standard InChI is InChI=1S/C9H17NO6/c1-4(12)10-6-8(14)7(13)5(3-11)16-9(6)15-2/h5-9,11,13-14H,3H2,1-2H3,(H,10,12)/t5?,6?,7-,8?,9-/m1/s1. The Kier molecular flexibility index (Phi) is 4.63. The first-order valence-corrected chi connectivity index (χ1v) is 4.93. The summed E-state index contributed by atoms with van der Waals surface area (Å²) in [6.45, 7) is 0.842. The first kappa shape index (κ1) is 13.3. The first-order valence-electron chi connectivity index (χ1n) is 4.93. The minimum absolute atomic E-state index is 0.371. The van der Waals surface area contributed by atoms with E-state index in [2.05, 4.69) is 5.32 Å². The minimum atomic E-state index is -1.27. The molecule has 1 amide bonds. The van der Waals surface area contributed by atoms with Crippen LogP contribution in [-0.2, 0) is 14.3 Å². The fraction of sp³-hybridized carbons (Fsp3) is 0.889. The molecule has 0 aromatic carbocycles. The normalized spacial score (nSPS) is 39.4. The molecule has 0 radical (unpaired) electrons. The van der Waals surface area contributed by atoms with Gasteiger partial charge in [-0.15, -0.1) is 0 Å². The zero-order valence-electron chi connectivity index (χ0n) is 9.16. The molecule has 1 heterocycles. The highest BCUT2D eigenvalue weighted by molar-refractivity contribution is 5.73. The van der Waals surface area contributed by atoms with E-state index < -0.39 is 37.3 Å². The van der Waals surface area contributed by atoms with Gasteiger partial charge in [0.1, 0.15) is 24.4 Å². The van der Waals surface area contributed by atoms with E-state index in [0.717, 1.165) is 0 Å². The van der Waals surface area contributed by atoms with Gasteiger partial charge in [0.15, 0.2) is 6.29 Å². The van der Waals surface area contributed by atoms with Gasteiger partial charge in [0.05, 0.1) is 6.61 Å². The average molecular weight is 235 g/mol. The third-order valence-corrected chi connectivity index (χ3v) is 2.48. The van der Waals surface area contributed by atoms with Gasteiger partial charge in [0, 0.05) is 14.0 Å². The number of methoxy groups -OCH3 is 1. The summed E-state index contributed by atoms with van der Waals surface area (Å²) in [6.07, 6.45) is -4.35. The lowest BCUT2D eigenvalue weighted by molar-refractivity contribution is -0.262. The Bertz CT molecular complexity index is 246. The highest BCUT2D eigenvalue weighted by Crippen LogP contribution is 2.21. The second-order valence-electron chi connectivity index (χ2n) is 3.67. The molecule has 7 heteroatoms. The van der Waals surface area contributed by atoms with Gasteiger partial charge in [-0.3, -0.25) is 4.79 Å². The molecule has 1 fully saturated rings. The van der Waals surface area contributed by atoms with Gasteiger partial charge in [-0.25, -0.2) is 0 Å². The largest absolute Gasteiger partial charge is 0.394 e. The second-order valence-corrected chi connectivity index (χ2v) is 3.67. The van der Waals surface area contributed by atoms with Crippen LogP contribution in [-0.4, -0.2) is 65.6 Å². The van der Waals surface area contributed by atoms with Crippen molar-refractivity contribution in [2.24, 2.45) is 0 Å². The van der Waals surface area contributed by atoms with Crippen LogP contribution >= 0.6 is 0 Å². The number of aliphatic hydroxyl groups excluding tert-OH is 3. The highest BCUT2D eigenvalue weighted by Gasteiger charge is 2.44. The number of rotatable bonds is 3. The van der Waals surface area contributed by atoms with Crippen molar-refractivity contribution in [3.05, 3.63) is 0 Å². The number of amides is 1. The molecule has 0 aliphatic carbocycles. The number of hydrogen-bond acceptors (Lipinski definition) is 6. The number of aliphatic hydroxyl groups is 3. The van der Waals surface area contributed by atoms with Crippen LogP contribution in [0.3, 0.4) is 0 Å². The SMILES string of the molecule is CO[C@@H]1OC(CO)[C@@H](O)C(O)C1NC(C)=O. The van der Waals surface area contributed by atoms with Crippen molar-refractivity contribution >= 4 is 5.91 Å². The fourth-order valence-corrected chi connectivity index (χ4v) is 1.67. The van der Waals surface area contributed by atoms with Gasteiger partial charge in [0.25, 0.3) is 0 Å². The molecule has 1 rings (SSSR count). The fourth-order valence-electron chi connectivity index (χ4n) is 1.67. The molecular formula is C9H17NO6. The van der Waals surface area contributed by atoms with E-state index >= 15 is 0 Å². The lowest BCUT2D eigenvalue weighted by atomic mass is 9.97. The van der Waals surface area contributed by atoms with Crippen molar-refractivity contribution in [2.45, 2.75) is 37.6 Å². The van der Waals surface area contributed by atoms with E-state index in [4.69, 9.17) is 14.6 Å². The molecule has 0 saturated carbocycles. The van der Waals surface area contributed by atoms with E-state index in [1.807, 2.05) is 0 Å². The molecule has 0 bridgehead atoms. The lowest BCUT2D eigenvalue weighted by Gasteiger charge is -2.41. The maximum Gasteiger partial charge on any atom is 0.217 e. The Labute approximate surface area is 93.0 Å². The molecular weight excluding hydrogens is 218 g/mol. The smallest absolute Gasteiger partial charge is 0.217 e. The predicted molar refractivity (Wildman–Crippen MR) is 52.4 cm³/mol. The van der Waals surface area contributed by atoms with Crippen molar-refractivity contribution in [3.63, 3.8) is 0 Å². The Balaban J connectivity index is 2.77. The van der Waals surface area contributed by atoms with Crippen molar-refractivity contribution < 1.29 is 29.6 Å². The van der Waals surface area contributed by atoms with Crippen LogP contribution in [0.15, 0.2) is 0 Å². The van der Waals surface area contributed by atoms with Crippen molar-refractivity contribution in [1.82, 2.24) is 5.32 Å². The van der Waals surface area contributed by atoms with Crippen molar-refractivity contribution in [1.29, 1.82) is 0 Å². The molecule has 7 nitrogen and oxygen atoms in total. The van der Waals surface area contributed by atoms with Gasteiger partial charge in [-0.05, 0) is 0 Å². The summed E-state index contributed by atoms with van der Waals surface area (Å²) < 4.78 is 10.1. The summed E-state index contributed by atoms with van der Waals surface area (Å²) in [4.78, 5) is 10.9. The molecule has 1 aliphatic rings. The molecule has 94 valence electrons. The van der Waals surface area contributed by atoms with Crippen LogP contribution < -0.4 is 5.32 Å². The zero-order chi connectivity index (χ0) is 12.3. The predicted octanol–water partition coefficient (Wildman–Crippen LogP) is -2.42. The number of hydrogen-bond donors (Lipinski definition) is 4. The van der Waals surface area contributed by atoms with E-state index in [-0.39, 0.29) is 5.91 Å². The number of carbonyl (C=O) groups is 1. The Morgan fingerprint density at radius 3 is 2.50 bits per heavy atom. The van der Waals surface area contributed by atoms with E-state index in [0.29, 0.717) is 0 Å². The summed E-state index contributed by atoms with van der Waals surface area (Å²) in [5.41, 5.74) is 0. The summed E-state index contributed by atoms with van der Waals surface area (Å²) in [5.74, 6) is -0.371. The van der Waals surface area contributed by atoms with E-state index in [9.17, 15) is 15.0 Å². The Morgan fingerprint density at radius 2 is 2.06 bits per heavy atom. The summed E-state index contributed by atoms with van der Waals surface area (Å²) in [7, 11) is 1.35. The monoisotopic (exact) mass is 235 g/mol. The highest BCUT2D eigenvalue weighted by atomic mass is 16.7. The maximum absolute atomic E-state index is 10.9. The molecule has 0 aromatic heterocycles. The van der Waals surface area contributed by atoms with Crippen molar-refractivity contribution in [2.75, 3.05) is 13.7 Å². The van der Waals surface area contributed by atoms with E-state index in [1.54, 1.807) is 0 Å². The second kappa shape index (κ2) is 5.55. The molecule has 4 N–H and O–H groups in total. The van der Waals surface area contributed by atoms with E-state index in [1.165, 1.54) is 14.0 Å². The lowest BCUT2D eigenvalue weighted by Crippen LogP contribution is -2.64. The number of ether oxygens (including phenoxy) is 2. The van der Waals surface area contributed by atoms with Crippen LogP contribution in [0.4, 0.5) is 0 Å². The van der Waals surface area contributed by atoms with Crippen molar-refractivity contribution in [3.8, 4) is 0 Å². The topological polar surface area (TPSA) is 108 Å². The molecule has 1 saturated heterocycles. The molecule has 5 atom stereocenters. The average Bonchev–Trinajstić information content (AvgIpc) is 2.25. The summed E-state index contributed by atoms with van der Waals surface area (Å²) >= 11 is 0. The van der Waals surface area contributed by atoms with Crippen LogP contribution in [0.2, 0.25) is 0 Å². The molecule has 0 aromatic rings. The van der Waals surface area contributed by atoms with Gasteiger partial charge in [-0.1, -0.05) is 0 Å². The van der Waals surface area contributed by atoms with Crippen LogP contribution in [0.5, 0.6) is 0 Å². The summed E-state index contributed by atoms with van der Waals surface area (Å²) in [6, 6.07) is -0.861. The van der Waals surface area contributed by atoms with Gasteiger partial charge >= 0.3 is 0 Å². The Hall–Kier alpha value is -0.730. The quantitative estimate of drug-likeness (QED) is 0.433. The number of nitrogens with one attached hydrogen (secondary N) is 1. The van der Waals surface area contributed by atoms with Gasteiger partial charge < -0.3 is 30.1 Å². The molecule has 16 heavy (non-hydrogen) atoms. The summed E-state index contributed by atoms with van der Waals surface area (Å²) in [5, 5.41) is 30.7. The zero-order valence-corrected chi connectivity index (χ0v) is 9.16. The van der Waals surface area contributed by atoms with Crippen LogP contribution in [0, 0.1) is 0 Å². The molecule has 3 unspecified atom stereocenters. The van der Waals surface area contributed by atoms with Gasteiger partial charge in [0.2, 0.25) is 5.91 Å². The maximum atomic E-state index is 10.9.